The maximum atomic E-state index is 13.8. The highest BCUT2D eigenvalue weighted by Crippen LogP contribution is 2.40. The Hall–Kier alpha value is -2.75. The molecule has 0 aliphatic heterocycles. The van der Waals surface area contributed by atoms with Gasteiger partial charge in [-0.05, 0) is 143 Å². The van der Waals surface area contributed by atoms with Gasteiger partial charge in [-0.3, -0.25) is 4.79 Å². The molecule has 1 amide bonds. The molecule has 1 N–H and O–H groups in total. The number of ether oxygens (including phenoxy) is 1. The number of benzene rings is 3. The lowest BCUT2D eigenvalue weighted by Gasteiger charge is -2.13. The topological polar surface area (TPSA) is 74.5 Å². The summed E-state index contributed by atoms with van der Waals surface area (Å²) >= 11 is 6.26. The number of nitriles is 1. The third kappa shape index (κ3) is 7.41. The Morgan fingerprint density at radius 3 is 2.45 bits per heavy atom. The van der Waals surface area contributed by atoms with E-state index < -0.39 is 0 Å². The van der Waals surface area contributed by atoms with E-state index >= 15 is 0 Å². The number of nitrogens with zero attached hydrogens (tertiary/aromatic N) is 2. The van der Waals surface area contributed by atoms with E-state index in [-0.39, 0.29) is 5.91 Å². The monoisotopic (exact) mass is 799 g/mol. The van der Waals surface area contributed by atoms with Gasteiger partial charge in [-0.2, -0.15) is 5.26 Å². The number of fused-ring (bicyclic) bond motifs is 1. The third-order valence-electron chi connectivity index (χ3n) is 7.34. The van der Waals surface area contributed by atoms with Gasteiger partial charge in [0.1, 0.15) is 17.4 Å². The molecule has 214 valence electrons. The molecule has 8 heteroatoms. The van der Waals surface area contributed by atoms with Crippen LogP contribution < -0.4 is 10.1 Å². The largest absolute Gasteiger partial charge is 0.487 e. The predicted octanol–water partition coefficient (Wildman–Crippen LogP) is 9.69. The molecule has 0 bridgehead atoms. The highest BCUT2D eigenvalue weighted by atomic mass is 127. The number of nitrogens with one attached hydrogen (secondary N) is 1. The molecule has 5 nitrogen and oxygen atoms in total. The van der Waals surface area contributed by atoms with Crippen LogP contribution in [-0.2, 0) is 19.4 Å². The van der Waals surface area contributed by atoms with E-state index in [1.165, 1.54) is 23.3 Å². The molecule has 1 aliphatic carbocycles. The van der Waals surface area contributed by atoms with Crippen LogP contribution >= 0.6 is 56.5 Å². The van der Waals surface area contributed by atoms with Crippen molar-refractivity contribution in [3.63, 3.8) is 0 Å². The Balaban J connectivity index is 1.41. The first-order valence-electron chi connectivity index (χ1n) is 14.0. The highest BCUT2D eigenvalue weighted by molar-refractivity contribution is 14.1. The fourth-order valence-electron chi connectivity index (χ4n) is 5.04. The van der Waals surface area contributed by atoms with E-state index in [1.807, 2.05) is 44.3 Å². The molecule has 0 saturated heterocycles. The smallest absolute Gasteiger partial charge is 0.259 e. The number of anilines is 1. The van der Waals surface area contributed by atoms with E-state index in [2.05, 4.69) is 74.8 Å². The summed E-state index contributed by atoms with van der Waals surface area (Å²) in [6.45, 7) is 4.48. The molecule has 42 heavy (non-hydrogen) atoms. The molecule has 0 unspecified atom stereocenters. The normalized spacial score (nSPS) is 13.2. The van der Waals surface area contributed by atoms with Gasteiger partial charge in [-0.15, -0.1) is 11.3 Å². The minimum atomic E-state index is -0.0790. The molecule has 3 aromatic carbocycles. The van der Waals surface area contributed by atoms with Crippen molar-refractivity contribution in [2.75, 3.05) is 5.32 Å². The molecular formula is C34H31I2N3O2S. The van der Waals surface area contributed by atoms with E-state index in [4.69, 9.17) is 15.0 Å². The van der Waals surface area contributed by atoms with Crippen LogP contribution in [0.5, 0.6) is 5.75 Å². The Kier molecular flexibility index (Phi) is 10.3. The SMILES string of the molecule is Cc1ccc(C)c(NC(=O)c2c(N=Cc3cc(I)c(OCc4ccc(C#N)cc4)c(I)c3)sc3c2CCCCCC3)c1. The molecule has 0 fully saturated rings. The molecule has 0 atom stereocenters. The molecule has 1 aromatic heterocycles. The Bertz CT molecular complexity index is 1660. The summed E-state index contributed by atoms with van der Waals surface area (Å²) in [5, 5.41) is 13.0. The zero-order valence-corrected chi connectivity index (χ0v) is 28.7. The first kappa shape index (κ1) is 30.7. The zero-order chi connectivity index (χ0) is 29.6. The minimum absolute atomic E-state index is 0.0790. The Morgan fingerprint density at radius 2 is 1.74 bits per heavy atom. The minimum Gasteiger partial charge on any atom is -0.487 e. The van der Waals surface area contributed by atoms with Crippen LogP contribution in [0.2, 0.25) is 0 Å². The van der Waals surface area contributed by atoms with Crippen molar-refractivity contribution in [1.82, 2.24) is 0 Å². The lowest BCUT2D eigenvalue weighted by Crippen LogP contribution is -2.15. The van der Waals surface area contributed by atoms with Crippen molar-refractivity contribution in [2.24, 2.45) is 4.99 Å². The van der Waals surface area contributed by atoms with Crippen LogP contribution in [0.1, 0.15) is 74.3 Å². The van der Waals surface area contributed by atoms with E-state index in [0.29, 0.717) is 12.2 Å². The van der Waals surface area contributed by atoms with Gasteiger partial charge in [0, 0.05) is 16.8 Å². The first-order chi connectivity index (χ1) is 20.3. The quantitative estimate of drug-likeness (QED) is 0.150. The van der Waals surface area contributed by atoms with Crippen molar-refractivity contribution in [3.05, 3.63) is 106 Å². The summed E-state index contributed by atoms with van der Waals surface area (Å²) in [7, 11) is 0. The van der Waals surface area contributed by atoms with Gasteiger partial charge in [-0.25, -0.2) is 4.99 Å². The molecule has 0 spiro atoms. The predicted molar refractivity (Wildman–Crippen MR) is 189 cm³/mol. The van der Waals surface area contributed by atoms with Gasteiger partial charge < -0.3 is 10.1 Å². The number of carbonyl (C=O) groups is 1. The summed E-state index contributed by atoms with van der Waals surface area (Å²) in [5.74, 6) is 0.745. The van der Waals surface area contributed by atoms with Crippen LogP contribution in [-0.4, -0.2) is 12.1 Å². The van der Waals surface area contributed by atoms with Crippen molar-refractivity contribution < 1.29 is 9.53 Å². The standard InChI is InChI=1S/C34H31I2N3O2S/c1-21-9-10-22(2)29(15-21)39-33(40)31-26-7-5-3-4-6-8-30(26)42-34(31)38-19-25-16-27(35)32(28(36)17-25)41-20-24-13-11-23(18-37)12-14-24/h9-17,19H,3-8,20H2,1-2H3,(H,39,40). The van der Waals surface area contributed by atoms with Crippen molar-refractivity contribution in [3.8, 4) is 11.8 Å². The fourth-order valence-corrected chi connectivity index (χ4v) is 8.40. The van der Waals surface area contributed by atoms with Gasteiger partial charge in [0.2, 0.25) is 0 Å². The van der Waals surface area contributed by atoms with E-state index in [0.717, 1.165) is 77.1 Å². The van der Waals surface area contributed by atoms with Crippen LogP contribution in [0.15, 0.2) is 59.6 Å². The Labute approximate surface area is 278 Å². The van der Waals surface area contributed by atoms with Crippen LogP contribution in [0.3, 0.4) is 0 Å². The van der Waals surface area contributed by atoms with Crippen molar-refractivity contribution >= 4 is 79.3 Å². The van der Waals surface area contributed by atoms with Gasteiger partial charge in [0.25, 0.3) is 5.91 Å². The number of hydrogen-bond acceptors (Lipinski definition) is 5. The first-order valence-corrected chi connectivity index (χ1v) is 17.0. The van der Waals surface area contributed by atoms with E-state index in [9.17, 15) is 4.79 Å². The Morgan fingerprint density at radius 1 is 1.02 bits per heavy atom. The molecule has 5 rings (SSSR count). The molecule has 4 aromatic rings. The second kappa shape index (κ2) is 14.1. The summed E-state index contributed by atoms with van der Waals surface area (Å²) in [5.41, 5.74) is 7.50. The fraction of sp³-hybridized carbons (Fsp3) is 0.265. The second-order valence-electron chi connectivity index (χ2n) is 10.5. The van der Waals surface area contributed by atoms with Crippen LogP contribution in [0.4, 0.5) is 10.7 Å². The molecule has 0 saturated carbocycles. The average Bonchev–Trinajstić information content (AvgIpc) is 3.29. The number of rotatable bonds is 7. The third-order valence-corrected chi connectivity index (χ3v) is 10.1. The summed E-state index contributed by atoms with van der Waals surface area (Å²) in [4.78, 5) is 20.0. The summed E-state index contributed by atoms with van der Waals surface area (Å²) in [6, 6.07) is 19.8. The summed E-state index contributed by atoms with van der Waals surface area (Å²) < 4.78 is 8.13. The van der Waals surface area contributed by atoms with Gasteiger partial charge in [-0.1, -0.05) is 37.1 Å². The average molecular weight is 800 g/mol. The molecule has 1 aliphatic rings. The molecule has 1 heterocycles. The van der Waals surface area contributed by atoms with E-state index in [1.54, 1.807) is 23.5 Å². The molecule has 0 radical (unpaired) electrons. The van der Waals surface area contributed by atoms with Gasteiger partial charge >= 0.3 is 0 Å². The lowest BCUT2D eigenvalue weighted by atomic mass is 9.96. The van der Waals surface area contributed by atoms with Gasteiger partial charge in [0.15, 0.2) is 0 Å². The number of amides is 1. The van der Waals surface area contributed by atoms with Crippen LogP contribution in [0.25, 0.3) is 0 Å². The number of thiophene rings is 1. The maximum Gasteiger partial charge on any atom is 0.259 e. The van der Waals surface area contributed by atoms with Gasteiger partial charge in [0.05, 0.1) is 24.3 Å². The summed E-state index contributed by atoms with van der Waals surface area (Å²) in [6.07, 6.45) is 8.45. The number of aryl methyl sites for hydroxylation is 3. The number of aliphatic imine (C=N–C) groups is 1. The number of halogens is 2. The number of carbonyl (C=O) groups excluding carboxylic acids is 1. The molecular weight excluding hydrogens is 768 g/mol. The lowest BCUT2D eigenvalue weighted by molar-refractivity contribution is 0.102. The second-order valence-corrected chi connectivity index (χ2v) is 13.9. The number of hydrogen-bond donors (Lipinski definition) is 1. The highest BCUT2D eigenvalue weighted by Gasteiger charge is 2.24. The zero-order valence-electron chi connectivity index (χ0n) is 23.6. The van der Waals surface area contributed by atoms with Crippen LogP contribution in [0, 0.1) is 32.3 Å². The van der Waals surface area contributed by atoms with Crippen molar-refractivity contribution in [2.45, 2.75) is 59.0 Å². The van der Waals surface area contributed by atoms with Crippen molar-refractivity contribution in [1.29, 1.82) is 5.26 Å². The maximum absolute atomic E-state index is 13.8.